The highest BCUT2D eigenvalue weighted by atomic mass is 16.3. The molecule has 3 aromatic heterocycles. The van der Waals surface area contributed by atoms with E-state index in [0.29, 0.717) is 5.69 Å². The van der Waals surface area contributed by atoms with Crippen LogP contribution < -0.4 is 4.90 Å². The lowest BCUT2D eigenvalue weighted by Crippen LogP contribution is -2.12. The van der Waals surface area contributed by atoms with Gasteiger partial charge in [-0.3, -0.25) is 9.47 Å². The van der Waals surface area contributed by atoms with Gasteiger partial charge in [0.25, 0.3) is 0 Å². The molecular formula is C40H28N4O. The normalized spacial score (nSPS) is 11.2. The Balaban J connectivity index is 1.39. The zero-order valence-electron chi connectivity index (χ0n) is 24.3. The molecule has 214 valence electrons. The number of para-hydroxylation sites is 5. The van der Waals surface area contributed by atoms with Crippen LogP contribution in [-0.2, 0) is 0 Å². The minimum atomic E-state index is 0.195. The minimum absolute atomic E-state index is 0.195. The molecule has 0 unspecified atom stereocenters. The molecule has 0 saturated carbocycles. The van der Waals surface area contributed by atoms with E-state index in [1.54, 1.807) is 6.07 Å². The summed E-state index contributed by atoms with van der Waals surface area (Å²) in [4.78, 5) is 12.7. The third-order valence-corrected chi connectivity index (χ3v) is 8.08. The summed E-state index contributed by atoms with van der Waals surface area (Å²) in [5.41, 5.74) is 8.05. The van der Waals surface area contributed by atoms with Crippen molar-refractivity contribution in [1.82, 2.24) is 14.5 Å². The monoisotopic (exact) mass is 580 g/mol. The molecule has 0 saturated heterocycles. The first-order valence-electron chi connectivity index (χ1n) is 14.9. The lowest BCUT2D eigenvalue weighted by atomic mass is 10.0. The van der Waals surface area contributed by atoms with Gasteiger partial charge in [-0.05, 0) is 77.9 Å². The highest BCUT2D eigenvalue weighted by Gasteiger charge is 2.20. The third kappa shape index (κ3) is 4.77. The number of nitrogens with zero attached hydrogens (tertiary/aromatic N) is 4. The predicted molar refractivity (Wildman–Crippen MR) is 184 cm³/mol. The van der Waals surface area contributed by atoms with Crippen LogP contribution in [0, 0.1) is 0 Å². The Morgan fingerprint density at radius 3 is 1.82 bits per heavy atom. The van der Waals surface area contributed by atoms with Crippen LogP contribution in [0.1, 0.15) is 0 Å². The maximum atomic E-state index is 10.9. The molecule has 0 radical (unpaired) electrons. The van der Waals surface area contributed by atoms with Crippen LogP contribution >= 0.6 is 0 Å². The Kier molecular flexibility index (Phi) is 6.54. The summed E-state index contributed by atoms with van der Waals surface area (Å²) < 4.78 is 2.03. The van der Waals surface area contributed by atoms with Gasteiger partial charge in [-0.15, -0.1) is 0 Å². The van der Waals surface area contributed by atoms with Gasteiger partial charge in [0.2, 0.25) is 0 Å². The number of hydrogen-bond donors (Lipinski definition) is 1. The summed E-state index contributed by atoms with van der Waals surface area (Å²) in [6.45, 7) is 0. The molecule has 0 aliphatic rings. The second-order valence-corrected chi connectivity index (χ2v) is 10.9. The molecule has 45 heavy (non-hydrogen) atoms. The molecule has 0 amide bonds. The van der Waals surface area contributed by atoms with Crippen LogP contribution in [0.2, 0.25) is 0 Å². The molecule has 0 fully saturated rings. The number of pyridine rings is 2. The molecule has 0 spiro atoms. The number of phenols is 1. The average molecular weight is 581 g/mol. The number of fused-ring (bicyclic) bond motifs is 3. The van der Waals surface area contributed by atoms with Gasteiger partial charge >= 0.3 is 0 Å². The summed E-state index contributed by atoms with van der Waals surface area (Å²) in [6.07, 6.45) is 0. The van der Waals surface area contributed by atoms with Crippen LogP contribution in [0.3, 0.4) is 0 Å². The molecule has 8 aromatic rings. The van der Waals surface area contributed by atoms with Gasteiger partial charge in [-0.1, -0.05) is 97.1 Å². The lowest BCUT2D eigenvalue weighted by Gasteiger charge is -2.25. The zero-order valence-corrected chi connectivity index (χ0v) is 24.3. The fourth-order valence-electron chi connectivity index (χ4n) is 6.01. The number of benzene rings is 5. The van der Waals surface area contributed by atoms with Gasteiger partial charge in [-0.25, -0.2) is 9.97 Å². The molecule has 5 heteroatoms. The molecule has 8 rings (SSSR count). The van der Waals surface area contributed by atoms with Crippen molar-refractivity contribution in [3.63, 3.8) is 0 Å². The molecule has 5 nitrogen and oxygen atoms in total. The standard InChI is InChI=1S/C40H28N4O/c45-38-23-13-12-22-37(38)44-36-21-11-10-20-32(36)33-24-25-34(42-40(33)44)35-26-29(28-14-4-1-5-15-28)27-39(41-35)43(30-16-6-2-7-17-30)31-18-8-3-9-19-31/h1-27,45H. The van der Waals surface area contributed by atoms with Crippen molar-refractivity contribution in [2.75, 3.05) is 4.90 Å². The van der Waals surface area contributed by atoms with E-state index < -0.39 is 0 Å². The molecule has 0 atom stereocenters. The minimum Gasteiger partial charge on any atom is -0.506 e. The van der Waals surface area contributed by atoms with Crippen molar-refractivity contribution in [2.45, 2.75) is 0 Å². The molecular weight excluding hydrogens is 552 g/mol. The van der Waals surface area contributed by atoms with Crippen molar-refractivity contribution in [1.29, 1.82) is 0 Å². The van der Waals surface area contributed by atoms with Crippen molar-refractivity contribution in [2.24, 2.45) is 0 Å². The van der Waals surface area contributed by atoms with Gasteiger partial charge < -0.3 is 5.11 Å². The van der Waals surface area contributed by atoms with E-state index in [-0.39, 0.29) is 5.75 Å². The molecule has 1 N–H and O–H groups in total. The smallest absolute Gasteiger partial charge is 0.146 e. The van der Waals surface area contributed by atoms with E-state index in [0.717, 1.165) is 61.6 Å². The zero-order chi connectivity index (χ0) is 30.2. The van der Waals surface area contributed by atoms with Crippen LogP contribution in [0.4, 0.5) is 17.2 Å². The first kappa shape index (κ1) is 26.4. The largest absolute Gasteiger partial charge is 0.506 e. The molecule has 3 heterocycles. The SMILES string of the molecule is Oc1ccccc1-n1c2ccccc2c2ccc(-c3cc(-c4ccccc4)cc(N(c4ccccc4)c4ccccc4)n3)nc21. The fourth-order valence-corrected chi connectivity index (χ4v) is 6.01. The average Bonchev–Trinajstić information content (AvgIpc) is 3.43. The van der Waals surface area contributed by atoms with Crippen LogP contribution in [0.25, 0.3) is 50.1 Å². The maximum absolute atomic E-state index is 10.9. The van der Waals surface area contributed by atoms with Crippen molar-refractivity contribution in [3.8, 4) is 34.0 Å². The van der Waals surface area contributed by atoms with E-state index >= 15 is 0 Å². The lowest BCUT2D eigenvalue weighted by molar-refractivity contribution is 0.473. The Hall–Kier alpha value is -6.20. The molecule has 0 bridgehead atoms. The fraction of sp³-hybridized carbons (Fsp3) is 0. The van der Waals surface area contributed by atoms with Gasteiger partial charge in [0.15, 0.2) is 0 Å². The number of rotatable bonds is 6. The number of anilines is 3. The van der Waals surface area contributed by atoms with Crippen LogP contribution in [0.15, 0.2) is 164 Å². The van der Waals surface area contributed by atoms with E-state index in [4.69, 9.17) is 9.97 Å². The van der Waals surface area contributed by atoms with Gasteiger partial charge in [0.05, 0.1) is 22.6 Å². The van der Waals surface area contributed by atoms with Crippen LogP contribution in [0.5, 0.6) is 5.75 Å². The van der Waals surface area contributed by atoms with E-state index in [9.17, 15) is 5.11 Å². The summed E-state index contributed by atoms with van der Waals surface area (Å²) >= 11 is 0. The first-order chi connectivity index (χ1) is 22.2. The Morgan fingerprint density at radius 1 is 0.489 bits per heavy atom. The summed E-state index contributed by atoms with van der Waals surface area (Å²) in [7, 11) is 0. The maximum Gasteiger partial charge on any atom is 0.146 e. The quantitative estimate of drug-likeness (QED) is 0.213. The van der Waals surface area contributed by atoms with E-state index in [1.807, 2.05) is 83.4 Å². The second-order valence-electron chi connectivity index (χ2n) is 10.9. The van der Waals surface area contributed by atoms with Crippen LogP contribution in [-0.4, -0.2) is 19.6 Å². The van der Waals surface area contributed by atoms with E-state index in [1.165, 1.54) is 0 Å². The van der Waals surface area contributed by atoms with Crippen molar-refractivity contribution >= 4 is 39.1 Å². The van der Waals surface area contributed by atoms with Crippen molar-refractivity contribution in [3.05, 3.63) is 164 Å². The molecule has 0 aliphatic heterocycles. The molecule has 5 aromatic carbocycles. The highest BCUT2D eigenvalue weighted by molar-refractivity contribution is 6.08. The Labute approximate surface area is 260 Å². The van der Waals surface area contributed by atoms with Gasteiger partial charge in [-0.2, -0.15) is 0 Å². The van der Waals surface area contributed by atoms with Gasteiger partial charge in [0, 0.05) is 22.1 Å². The summed E-state index contributed by atoms with van der Waals surface area (Å²) in [6, 6.07) is 54.9. The van der Waals surface area contributed by atoms with Crippen molar-refractivity contribution < 1.29 is 5.11 Å². The number of aromatic nitrogens is 3. The van der Waals surface area contributed by atoms with E-state index in [2.05, 4.69) is 83.8 Å². The molecule has 0 aliphatic carbocycles. The highest BCUT2D eigenvalue weighted by Crippen LogP contribution is 2.39. The predicted octanol–water partition coefficient (Wildman–Crippen LogP) is 10.1. The number of hydrogen-bond acceptors (Lipinski definition) is 4. The summed E-state index contributed by atoms with van der Waals surface area (Å²) in [5.74, 6) is 0.979. The summed E-state index contributed by atoms with van der Waals surface area (Å²) in [5, 5.41) is 13.0. The third-order valence-electron chi connectivity index (χ3n) is 8.08. The Bertz CT molecular complexity index is 2240. The topological polar surface area (TPSA) is 54.2 Å². The van der Waals surface area contributed by atoms with Gasteiger partial charge in [0.1, 0.15) is 17.2 Å². The number of aromatic hydroxyl groups is 1. The Morgan fingerprint density at radius 2 is 1.11 bits per heavy atom. The first-order valence-corrected chi connectivity index (χ1v) is 14.9. The second kappa shape index (κ2) is 11.1. The number of phenolic OH excluding ortho intramolecular Hbond substituents is 1.